The first-order chi connectivity index (χ1) is 22.7. The molecule has 3 N–H and O–H groups in total. The van der Waals surface area contributed by atoms with Crippen LogP contribution in [0.2, 0.25) is 0 Å². The van der Waals surface area contributed by atoms with Crippen LogP contribution in [0.5, 0.6) is 0 Å². The van der Waals surface area contributed by atoms with Crippen LogP contribution in [-0.4, -0.2) is 68.9 Å². The van der Waals surface area contributed by atoms with Crippen molar-refractivity contribution in [2.24, 2.45) is 11.3 Å². The molecule has 2 aromatic heterocycles. The molecular formula is C38H44N6O3. The highest BCUT2D eigenvalue weighted by Gasteiger charge is 2.31. The third-order valence-electron chi connectivity index (χ3n) is 11.2. The number of nitrogens with zero attached hydrogens (tertiary/aromatic N) is 3. The molecule has 4 aromatic rings. The molecule has 244 valence electrons. The minimum absolute atomic E-state index is 0.111. The number of hydrogen-bond acceptors (Lipinski definition) is 5. The normalized spacial score (nSPS) is 21.8. The molecule has 8 rings (SSSR count). The van der Waals surface area contributed by atoms with Gasteiger partial charge in [0.2, 0.25) is 11.8 Å². The number of aromatic amines is 2. The second kappa shape index (κ2) is 11.8. The maximum absolute atomic E-state index is 13.6. The van der Waals surface area contributed by atoms with Crippen molar-refractivity contribution in [3.8, 4) is 11.4 Å². The lowest BCUT2D eigenvalue weighted by Crippen LogP contribution is -2.42. The van der Waals surface area contributed by atoms with E-state index in [0.29, 0.717) is 24.2 Å². The Hall–Kier alpha value is -4.24. The Morgan fingerprint density at radius 1 is 0.957 bits per heavy atom. The van der Waals surface area contributed by atoms with E-state index in [1.54, 1.807) is 0 Å². The summed E-state index contributed by atoms with van der Waals surface area (Å²) in [6, 6.07) is 14.6. The molecule has 1 atom stereocenters. The van der Waals surface area contributed by atoms with Gasteiger partial charge in [0.15, 0.2) is 0 Å². The number of fused-ring (bicyclic) bond motifs is 3. The zero-order chi connectivity index (χ0) is 32.3. The first kappa shape index (κ1) is 30.1. The maximum Gasteiger partial charge on any atom is 0.253 e. The second-order valence-electron chi connectivity index (χ2n) is 15.1. The van der Waals surface area contributed by atoms with Crippen LogP contribution in [0.1, 0.15) is 90.2 Å². The van der Waals surface area contributed by atoms with Gasteiger partial charge in [-0.2, -0.15) is 5.10 Å². The number of likely N-dealkylation sites (tertiary alicyclic amines) is 1. The van der Waals surface area contributed by atoms with Crippen molar-refractivity contribution in [1.29, 1.82) is 0 Å². The zero-order valence-corrected chi connectivity index (χ0v) is 27.5. The van der Waals surface area contributed by atoms with Crippen molar-refractivity contribution in [2.75, 3.05) is 26.2 Å². The lowest BCUT2D eigenvalue weighted by molar-refractivity contribution is -0.134. The van der Waals surface area contributed by atoms with E-state index in [0.717, 1.165) is 105 Å². The van der Waals surface area contributed by atoms with Crippen molar-refractivity contribution >= 4 is 28.6 Å². The van der Waals surface area contributed by atoms with Gasteiger partial charge in [0.25, 0.3) is 5.91 Å². The Morgan fingerprint density at radius 2 is 1.81 bits per heavy atom. The van der Waals surface area contributed by atoms with Crippen molar-refractivity contribution in [1.82, 2.24) is 30.3 Å². The molecule has 1 unspecified atom stereocenters. The van der Waals surface area contributed by atoms with Crippen LogP contribution in [0, 0.1) is 11.3 Å². The predicted octanol–water partition coefficient (Wildman–Crippen LogP) is 5.50. The van der Waals surface area contributed by atoms with Crippen LogP contribution in [-0.2, 0) is 35.4 Å². The third kappa shape index (κ3) is 5.90. The number of nitrogens with one attached hydrogen (secondary N) is 3. The molecule has 0 saturated carbocycles. The van der Waals surface area contributed by atoms with E-state index in [9.17, 15) is 14.4 Å². The number of carbonyl (C=O) groups is 3. The van der Waals surface area contributed by atoms with Gasteiger partial charge in [-0.1, -0.05) is 38.1 Å². The Labute approximate surface area is 275 Å². The summed E-state index contributed by atoms with van der Waals surface area (Å²) in [4.78, 5) is 45.7. The summed E-state index contributed by atoms with van der Waals surface area (Å²) >= 11 is 0. The molecule has 4 aliphatic rings. The van der Waals surface area contributed by atoms with Crippen molar-refractivity contribution in [3.63, 3.8) is 0 Å². The summed E-state index contributed by atoms with van der Waals surface area (Å²) in [5, 5.41) is 11.6. The van der Waals surface area contributed by atoms with Gasteiger partial charge in [-0.3, -0.25) is 29.7 Å². The largest absolute Gasteiger partial charge is 0.353 e. The summed E-state index contributed by atoms with van der Waals surface area (Å²) in [5.41, 5.74) is 10.3. The van der Waals surface area contributed by atoms with Gasteiger partial charge in [0, 0.05) is 66.9 Å². The summed E-state index contributed by atoms with van der Waals surface area (Å²) < 4.78 is 0. The monoisotopic (exact) mass is 632 g/mol. The van der Waals surface area contributed by atoms with Crippen LogP contribution in [0.25, 0.3) is 22.3 Å². The van der Waals surface area contributed by atoms with E-state index in [-0.39, 0.29) is 23.6 Å². The number of hydrogen-bond donors (Lipinski definition) is 3. The van der Waals surface area contributed by atoms with E-state index in [1.807, 2.05) is 17.0 Å². The number of benzene rings is 2. The fourth-order valence-corrected chi connectivity index (χ4v) is 8.34. The number of imide groups is 1. The summed E-state index contributed by atoms with van der Waals surface area (Å²) in [6.07, 6.45) is 7.19. The topological polar surface area (TPSA) is 114 Å². The Morgan fingerprint density at radius 3 is 2.64 bits per heavy atom. The van der Waals surface area contributed by atoms with Gasteiger partial charge in [-0.05, 0) is 91.2 Å². The molecule has 1 aliphatic carbocycles. The molecule has 3 amide bonds. The molecule has 0 bridgehead atoms. The molecule has 0 spiro atoms. The number of piperidine rings is 2. The van der Waals surface area contributed by atoms with Gasteiger partial charge in [-0.25, -0.2) is 0 Å². The molecule has 3 aliphatic heterocycles. The standard InChI is InChI=1S/C38H44N6O3/c1-38(2)13-9-30-33(20-38)41-42-35(30)32-18-26-4-5-27(19-31(26)39-32)37(47)44-15-10-23(11-16-44)21-43-14-12-24-17-25(3-6-28(24)22-43)29-7-8-34(45)40-36(29)46/h3-6,17-19,23,29,39H,7-16,20-22H2,1-2H3,(H,41,42)(H,40,45,46). The molecule has 9 heteroatoms. The van der Waals surface area contributed by atoms with Crippen LogP contribution in [0.3, 0.4) is 0 Å². The van der Waals surface area contributed by atoms with E-state index >= 15 is 0 Å². The van der Waals surface area contributed by atoms with Crippen LogP contribution in [0.4, 0.5) is 0 Å². The van der Waals surface area contributed by atoms with Gasteiger partial charge in [0.05, 0.1) is 11.6 Å². The first-order valence-corrected chi connectivity index (χ1v) is 17.4. The lowest BCUT2D eigenvalue weighted by atomic mass is 9.76. The predicted molar refractivity (Wildman–Crippen MR) is 181 cm³/mol. The van der Waals surface area contributed by atoms with Crippen LogP contribution in [0.15, 0.2) is 42.5 Å². The molecule has 5 heterocycles. The van der Waals surface area contributed by atoms with Crippen LogP contribution >= 0.6 is 0 Å². The van der Waals surface area contributed by atoms with Gasteiger partial charge in [-0.15, -0.1) is 0 Å². The highest BCUT2D eigenvalue weighted by molar-refractivity contribution is 6.01. The second-order valence-corrected chi connectivity index (χ2v) is 15.1. The molecule has 47 heavy (non-hydrogen) atoms. The minimum Gasteiger partial charge on any atom is -0.353 e. The van der Waals surface area contributed by atoms with E-state index in [2.05, 4.69) is 69.6 Å². The van der Waals surface area contributed by atoms with E-state index < -0.39 is 0 Å². The molecule has 9 nitrogen and oxygen atoms in total. The number of carbonyl (C=O) groups excluding carboxylic acids is 3. The van der Waals surface area contributed by atoms with Gasteiger partial charge >= 0.3 is 0 Å². The van der Waals surface area contributed by atoms with Gasteiger partial charge in [0.1, 0.15) is 5.69 Å². The molecule has 2 fully saturated rings. The van der Waals surface area contributed by atoms with Gasteiger partial charge < -0.3 is 9.88 Å². The highest BCUT2D eigenvalue weighted by atomic mass is 16.2. The summed E-state index contributed by atoms with van der Waals surface area (Å²) in [5.74, 6) is 0.109. The van der Waals surface area contributed by atoms with E-state index in [4.69, 9.17) is 0 Å². The van der Waals surface area contributed by atoms with Crippen molar-refractivity contribution < 1.29 is 14.4 Å². The fourth-order valence-electron chi connectivity index (χ4n) is 8.34. The smallest absolute Gasteiger partial charge is 0.253 e. The molecule has 0 radical (unpaired) electrons. The number of rotatable bonds is 5. The third-order valence-corrected chi connectivity index (χ3v) is 11.2. The molecule has 2 aromatic carbocycles. The SMILES string of the molecule is CC1(C)CCc2c(-c3cc4ccc(C(=O)N5CCC(CN6CCc7cc(C8CCC(=O)NC8=O)ccc7C6)CC5)cc4[nH]3)n[nH]c2C1. The zero-order valence-electron chi connectivity index (χ0n) is 27.5. The van der Waals surface area contributed by atoms with Crippen LogP contribution < -0.4 is 5.32 Å². The minimum atomic E-state index is -0.230. The maximum atomic E-state index is 13.6. The quantitative estimate of drug-likeness (QED) is 0.252. The molecular weight excluding hydrogens is 588 g/mol. The summed E-state index contributed by atoms with van der Waals surface area (Å²) in [6.45, 7) is 9.17. The summed E-state index contributed by atoms with van der Waals surface area (Å²) in [7, 11) is 0. The average molecular weight is 633 g/mol. The Balaban J connectivity index is 0.867. The number of aromatic nitrogens is 3. The fraction of sp³-hybridized carbons (Fsp3) is 0.474. The van der Waals surface area contributed by atoms with Crippen molar-refractivity contribution in [3.05, 3.63) is 76.0 Å². The molecule has 2 saturated heterocycles. The van der Waals surface area contributed by atoms with E-state index in [1.165, 1.54) is 22.4 Å². The highest BCUT2D eigenvalue weighted by Crippen LogP contribution is 2.38. The van der Waals surface area contributed by atoms with Crippen molar-refractivity contribution in [2.45, 2.75) is 77.7 Å². The first-order valence-electron chi connectivity index (χ1n) is 17.4. The average Bonchev–Trinajstić information content (AvgIpc) is 3.67. The Kier molecular flexibility index (Phi) is 7.54. The number of amides is 3. The Bertz CT molecular complexity index is 1880. The number of H-pyrrole nitrogens is 2. The lowest BCUT2D eigenvalue weighted by Gasteiger charge is -2.37.